The summed E-state index contributed by atoms with van der Waals surface area (Å²) in [5.74, 6) is -4.19. The fraction of sp³-hybridized carbons (Fsp3) is 0.783. The van der Waals surface area contributed by atoms with Gasteiger partial charge >= 0.3 is 5.97 Å². The zero-order valence-electron chi connectivity index (χ0n) is 21.4. The number of nitrogens with zero attached hydrogens (tertiary/aromatic N) is 1. The number of aliphatic hydroxyl groups is 2. The summed E-state index contributed by atoms with van der Waals surface area (Å²) in [7, 11) is 0. The smallest absolute Gasteiger partial charge is 0.328 e. The van der Waals surface area contributed by atoms with E-state index in [1.807, 2.05) is 20.8 Å². The summed E-state index contributed by atoms with van der Waals surface area (Å²) in [6.45, 7) is 6.02. The van der Waals surface area contributed by atoms with Crippen molar-refractivity contribution in [1.82, 2.24) is 20.9 Å². The Balaban J connectivity index is 2.95. The van der Waals surface area contributed by atoms with Gasteiger partial charge in [-0.25, -0.2) is 4.79 Å². The van der Waals surface area contributed by atoms with Crippen molar-refractivity contribution in [3.05, 3.63) is 0 Å². The maximum atomic E-state index is 13.1. The van der Waals surface area contributed by atoms with Gasteiger partial charge in [-0.2, -0.15) is 0 Å². The van der Waals surface area contributed by atoms with E-state index in [1.54, 1.807) is 6.92 Å². The van der Waals surface area contributed by atoms with Gasteiger partial charge < -0.3 is 41.9 Å². The molecule has 13 heteroatoms. The van der Waals surface area contributed by atoms with Crippen molar-refractivity contribution in [2.75, 3.05) is 19.8 Å². The molecule has 0 saturated carbocycles. The van der Waals surface area contributed by atoms with Gasteiger partial charge in [0, 0.05) is 6.54 Å². The van der Waals surface area contributed by atoms with Crippen LogP contribution in [0.5, 0.6) is 0 Å². The molecule has 0 aliphatic carbocycles. The van der Waals surface area contributed by atoms with E-state index in [0.717, 1.165) is 0 Å². The number of nitrogens with two attached hydrogens (primary N) is 1. The molecule has 0 aromatic rings. The van der Waals surface area contributed by atoms with E-state index in [1.165, 1.54) is 4.90 Å². The van der Waals surface area contributed by atoms with Crippen LogP contribution in [0.3, 0.4) is 0 Å². The van der Waals surface area contributed by atoms with E-state index in [2.05, 4.69) is 16.0 Å². The third-order valence-corrected chi connectivity index (χ3v) is 6.29. The van der Waals surface area contributed by atoms with Crippen molar-refractivity contribution in [2.45, 2.75) is 83.6 Å². The molecule has 0 spiro atoms. The van der Waals surface area contributed by atoms with Gasteiger partial charge in [0.1, 0.15) is 24.2 Å². The predicted octanol–water partition coefficient (Wildman–Crippen LogP) is -2.08. The minimum absolute atomic E-state index is 0.162. The molecule has 36 heavy (non-hydrogen) atoms. The first kappa shape index (κ1) is 31.3. The van der Waals surface area contributed by atoms with Gasteiger partial charge in [0.2, 0.25) is 23.6 Å². The lowest BCUT2D eigenvalue weighted by molar-refractivity contribution is -0.146. The number of rotatable bonds is 14. The minimum Gasteiger partial charge on any atom is -0.480 e. The van der Waals surface area contributed by atoms with Gasteiger partial charge in [-0.05, 0) is 31.1 Å². The highest BCUT2D eigenvalue weighted by Gasteiger charge is 2.39. The van der Waals surface area contributed by atoms with Crippen LogP contribution >= 0.6 is 0 Å². The highest BCUT2D eigenvalue weighted by molar-refractivity contribution is 5.95. The van der Waals surface area contributed by atoms with Gasteiger partial charge in [-0.15, -0.1) is 0 Å². The third kappa shape index (κ3) is 8.71. The molecular formula is C23H41N5O8. The van der Waals surface area contributed by atoms with Crippen molar-refractivity contribution in [2.24, 2.45) is 17.6 Å². The SMILES string of the molecule is CC[C@H](C)[C@H](NC(=O)[C@@H](N)CC(C)C)C(=O)N[C@@H](CO)C(=O)N1CCC[C@H]1C(=O)N[C@@H](CO)C(=O)O. The molecule has 1 aliphatic rings. The molecule has 0 radical (unpaired) electrons. The van der Waals surface area contributed by atoms with Crippen LogP contribution in [-0.2, 0) is 24.0 Å². The summed E-state index contributed by atoms with van der Waals surface area (Å²) in [5, 5.41) is 35.4. The lowest BCUT2D eigenvalue weighted by atomic mass is 9.96. The Kier molecular flexibility index (Phi) is 12.8. The number of carboxylic acids is 1. The lowest BCUT2D eigenvalue weighted by Gasteiger charge is -2.30. The molecule has 13 nitrogen and oxygen atoms in total. The third-order valence-electron chi connectivity index (χ3n) is 6.29. The Labute approximate surface area is 211 Å². The van der Waals surface area contributed by atoms with Gasteiger partial charge in [-0.3, -0.25) is 19.2 Å². The van der Waals surface area contributed by atoms with E-state index in [-0.39, 0.29) is 24.8 Å². The first-order chi connectivity index (χ1) is 16.9. The predicted molar refractivity (Wildman–Crippen MR) is 129 cm³/mol. The second-order valence-electron chi connectivity index (χ2n) is 9.62. The topological polar surface area (TPSA) is 211 Å². The van der Waals surface area contributed by atoms with Crippen LogP contribution in [0.1, 0.15) is 53.4 Å². The Hall–Kier alpha value is -2.77. The van der Waals surface area contributed by atoms with Gasteiger partial charge in [-0.1, -0.05) is 34.1 Å². The maximum Gasteiger partial charge on any atom is 0.328 e. The average Bonchev–Trinajstić information content (AvgIpc) is 3.32. The molecule has 0 bridgehead atoms. The summed E-state index contributed by atoms with van der Waals surface area (Å²) in [4.78, 5) is 63.6. The first-order valence-electron chi connectivity index (χ1n) is 12.3. The molecule has 0 aromatic carbocycles. The first-order valence-corrected chi connectivity index (χ1v) is 12.3. The van der Waals surface area contributed by atoms with Crippen LogP contribution in [0, 0.1) is 11.8 Å². The molecule has 1 saturated heterocycles. The molecule has 4 amide bonds. The van der Waals surface area contributed by atoms with Gasteiger partial charge in [0.25, 0.3) is 0 Å². The van der Waals surface area contributed by atoms with Gasteiger partial charge in [0.05, 0.1) is 19.3 Å². The van der Waals surface area contributed by atoms with E-state index in [9.17, 15) is 29.1 Å². The van der Waals surface area contributed by atoms with Crippen LogP contribution in [0.2, 0.25) is 0 Å². The molecule has 1 heterocycles. The highest BCUT2D eigenvalue weighted by atomic mass is 16.4. The molecule has 6 atom stereocenters. The van der Waals surface area contributed by atoms with Crippen molar-refractivity contribution in [3.63, 3.8) is 0 Å². The van der Waals surface area contributed by atoms with Crippen LogP contribution in [-0.4, -0.2) is 99.8 Å². The van der Waals surface area contributed by atoms with E-state index < -0.39 is 73.0 Å². The van der Waals surface area contributed by atoms with Crippen molar-refractivity contribution in [1.29, 1.82) is 0 Å². The molecule has 206 valence electrons. The summed E-state index contributed by atoms with van der Waals surface area (Å²) in [6.07, 6.45) is 1.67. The lowest BCUT2D eigenvalue weighted by Crippen LogP contribution is -2.60. The molecule has 1 rings (SSSR count). The van der Waals surface area contributed by atoms with Crippen LogP contribution in [0.4, 0.5) is 0 Å². The Morgan fingerprint density at radius 3 is 2.08 bits per heavy atom. The van der Waals surface area contributed by atoms with E-state index in [4.69, 9.17) is 15.9 Å². The number of aliphatic carboxylic acids is 1. The molecule has 0 aromatic heterocycles. The summed E-state index contributed by atoms with van der Waals surface area (Å²) in [5.41, 5.74) is 5.94. The monoisotopic (exact) mass is 515 g/mol. The summed E-state index contributed by atoms with van der Waals surface area (Å²) < 4.78 is 0. The van der Waals surface area contributed by atoms with Crippen molar-refractivity contribution < 1.29 is 39.3 Å². The zero-order chi connectivity index (χ0) is 27.6. The largest absolute Gasteiger partial charge is 0.480 e. The number of carboxylic acid groups (broad SMARTS) is 1. The number of hydrogen-bond acceptors (Lipinski definition) is 8. The normalized spacial score (nSPS) is 19.7. The minimum atomic E-state index is -1.52. The van der Waals surface area contributed by atoms with Crippen LogP contribution in [0.25, 0.3) is 0 Å². The average molecular weight is 516 g/mol. The number of carbonyl (C=O) groups excluding carboxylic acids is 4. The van der Waals surface area contributed by atoms with E-state index in [0.29, 0.717) is 19.3 Å². The standard InChI is InChI=1S/C23H41N5O8/c1-5-13(4)18(27-19(31)14(24)9-12(2)3)21(33)25-15(10-29)22(34)28-8-6-7-17(28)20(32)26-16(11-30)23(35)36/h12-18,29-30H,5-11,24H2,1-4H3,(H,25,33)(H,26,32)(H,27,31)(H,35,36)/t13-,14-,15-,16-,17-,18-/m0/s1. The Morgan fingerprint density at radius 1 is 0.972 bits per heavy atom. The molecule has 0 unspecified atom stereocenters. The zero-order valence-corrected chi connectivity index (χ0v) is 21.4. The van der Waals surface area contributed by atoms with Crippen LogP contribution < -0.4 is 21.7 Å². The number of carbonyl (C=O) groups is 5. The number of amides is 4. The highest BCUT2D eigenvalue weighted by Crippen LogP contribution is 2.19. The fourth-order valence-electron chi connectivity index (χ4n) is 3.98. The number of aliphatic hydroxyl groups excluding tert-OH is 2. The van der Waals surface area contributed by atoms with Crippen molar-refractivity contribution >= 4 is 29.6 Å². The maximum absolute atomic E-state index is 13.1. The number of likely N-dealkylation sites (tertiary alicyclic amines) is 1. The fourth-order valence-corrected chi connectivity index (χ4v) is 3.98. The molecule has 1 aliphatic heterocycles. The summed E-state index contributed by atoms with van der Waals surface area (Å²) in [6, 6.07) is -5.73. The van der Waals surface area contributed by atoms with Crippen molar-refractivity contribution in [3.8, 4) is 0 Å². The van der Waals surface area contributed by atoms with Crippen LogP contribution in [0.15, 0.2) is 0 Å². The summed E-state index contributed by atoms with van der Waals surface area (Å²) >= 11 is 0. The number of nitrogens with one attached hydrogen (secondary N) is 3. The van der Waals surface area contributed by atoms with Gasteiger partial charge in [0.15, 0.2) is 0 Å². The molecule has 8 N–H and O–H groups in total. The Morgan fingerprint density at radius 2 is 1.58 bits per heavy atom. The molecule has 1 fully saturated rings. The van der Waals surface area contributed by atoms with E-state index >= 15 is 0 Å². The number of hydrogen-bond donors (Lipinski definition) is 7. The quantitative estimate of drug-likeness (QED) is 0.135. The Bertz CT molecular complexity index is 792. The molecular weight excluding hydrogens is 474 g/mol. The second kappa shape index (κ2) is 14.7. The second-order valence-corrected chi connectivity index (χ2v) is 9.62.